The quantitative estimate of drug-likeness (QED) is 0.793. The number of rotatable bonds is 4. The lowest BCUT2D eigenvalue weighted by Crippen LogP contribution is -2.01. The Morgan fingerprint density at radius 3 is 2.93 bits per heavy atom. The van der Waals surface area contributed by atoms with Crippen molar-refractivity contribution in [2.75, 3.05) is 0 Å². The van der Waals surface area contributed by atoms with Gasteiger partial charge in [0.05, 0.1) is 6.10 Å². The molecule has 0 saturated heterocycles. The number of aliphatic hydroxyl groups is 1. The normalized spacial score (nSPS) is 27.6. The first kappa shape index (κ1) is 9.65. The second-order valence-corrected chi connectivity index (χ2v) is 4.25. The Morgan fingerprint density at radius 1 is 1.64 bits per heavy atom. The standard InChI is InChI=1S/C10H16N2O2/c1-6-5-8(6)10-11-9(14-12-10)4-3-7(2)13/h6-8,13H,3-5H2,1-2H3. The van der Waals surface area contributed by atoms with Crippen molar-refractivity contribution in [1.82, 2.24) is 10.1 Å². The Bertz CT molecular complexity index is 309. The number of nitrogens with zero attached hydrogens (tertiary/aromatic N) is 2. The summed E-state index contributed by atoms with van der Waals surface area (Å²) in [5, 5.41) is 13.0. The van der Waals surface area contributed by atoms with Gasteiger partial charge in [-0.1, -0.05) is 12.1 Å². The summed E-state index contributed by atoms with van der Waals surface area (Å²) in [6.45, 7) is 3.96. The fourth-order valence-electron chi connectivity index (χ4n) is 1.53. The van der Waals surface area contributed by atoms with E-state index in [2.05, 4.69) is 17.1 Å². The van der Waals surface area contributed by atoms with Crippen LogP contribution >= 0.6 is 0 Å². The number of aliphatic hydroxyl groups excluding tert-OH is 1. The van der Waals surface area contributed by atoms with Crippen LogP contribution < -0.4 is 0 Å². The highest BCUT2D eigenvalue weighted by molar-refractivity contribution is 5.07. The molecule has 14 heavy (non-hydrogen) atoms. The lowest BCUT2D eigenvalue weighted by atomic mass is 10.2. The van der Waals surface area contributed by atoms with Crippen LogP contribution in [0, 0.1) is 5.92 Å². The first-order valence-corrected chi connectivity index (χ1v) is 5.17. The molecule has 1 aliphatic rings. The first-order chi connectivity index (χ1) is 6.66. The van der Waals surface area contributed by atoms with Gasteiger partial charge in [0, 0.05) is 12.3 Å². The monoisotopic (exact) mass is 196 g/mol. The third-order valence-electron chi connectivity index (χ3n) is 2.70. The Kier molecular flexibility index (Phi) is 2.54. The van der Waals surface area contributed by atoms with Crippen LogP contribution in [0.3, 0.4) is 0 Å². The van der Waals surface area contributed by atoms with Gasteiger partial charge in [0.15, 0.2) is 5.82 Å². The molecule has 1 aliphatic carbocycles. The highest BCUT2D eigenvalue weighted by Gasteiger charge is 2.37. The van der Waals surface area contributed by atoms with Crippen molar-refractivity contribution in [2.45, 2.75) is 45.1 Å². The van der Waals surface area contributed by atoms with Crippen molar-refractivity contribution in [1.29, 1.82) is 0 Å². The van der Waals surface area contributed by atoms with Crippen molar-refractivity contribution in [3.8, 4) is 0 Å². The molecule has 0 amide bonds. The maximum absolute atomic E-state index is 9.09. The molecular formula is C10H16N2O2. The van der Waals surface area contributed by atoms with Crippen molar-refractivity contribution in [3.05, 3.63) is 11.7 Å². The van der Waals surface area contributed by atoms with Crippen LogP contribution in [0.2, 0.25) is 0 Å². The van der Waals surface area contributed by atoms with Crippen molar-refractivity contribution in [2.24, 2.45) is 5.92 Å². The van der Waals surface area contributed by atoms with Gasteiger partial charge in [0.1, 0.15) is 0 Å². The van der Waals surface area contributed by atoms with E-state index < -0.39 is 0 Å². The van der Waals surface area contributed by atoms with E-state index in [9.17, 15) is 0 Å². The van der Waals surface area contributed by atoms with E-state index in [-0.39, 0.29) is 6.10 Å². The van der Waals surface area contributed by atoms with Crippen LogP contribution in [0.1, 0.15) is 44.3 Å². The van der Waals surface area contributed by atoms with Gasteiger partial charge in [-0.3, -0.25) is 0 Å². The zero-order valence-corrected chi connectivity index (χ0v) is 8.60. The van der Waals surface area contributed by atoms with Crippen LogP contribution in [0.5, 0.6) is 0 Å². The minimum atomic E-state index is -0.301. The molecule has 0 bridgehead atoms. The average Bonchev–Trinajstić information content (AvgIpc) is 2.68. The van der Waals surface area contributed by atoms with E-state index >= 15 is 0 Å². The SMILES string of the molecule is CC(O)CCc1nc(C2CC2C)no1. The highest BCUT2D eigenvalue weighted by atomic mass is 16.5. The second kappa shape index (κ2) is 3.69. The summed E-state index contributed by atoms with van der Waals surface area (Å²) >= 11 is 0. The average molecular weight is 196 g/mol. The molecule has 3 unspecified atom stereocenters. The predicted octanol–water partition coefficient (Wildman–Crippen LogP) is 1.51. The lowest BCUT2D eigenvalue weighted by Gasteiger charge is -1.98. The molecular weight excluding hydrogens is 180 g/mol. The lowest BCUT2D eigenvalue weighted by molar-refractivity contribution is 0.180. The molecule has 78 valence electrons. The molecule has 0 aliphatic heterocycles. The molecule has 0 radical (unpaired) electrons. The minimum absolute atomic E-state index is 0.301. The molecule has 0 spiro atoms. The van der Waals surface area contributed by atoms with E-state index in [1.165, 1.54) is 6.42 Å². The summed E-state index contributed by atoms with van der Waals surface area (Å²) in [6.07, 6.45) is 2.23. The van der Waals surface area contributed by atoms with Crippen LogP contribution in [0.4, 0.5) is 0 Å². The molecule has 4 heteroatoms. The molecule has 1 heterocycles. The van der Waals surface area contributed by atoms with Gasteiger partial charge in [-0.25, -0.2) is 0 Å². The molecule has 3 atom stereocenters. The topological polar surface area (TPSA) is 59.2 Å². The molecule has 1 aromatic rings. The van der Waals surface area contributed by atoms with E-state index in [1.54, 1.807) is 6.92 Å². The van der Waals surface area contributed by atoms with Crippen molar-refractivity contribution >= 4 is 0 Å². The highest BCUT2D eigenvalue weighted by Crippen LogP contribution is 2.45. The third kappa shape index (κ3) is 2.12. The molecule has 2 rings (SSSR count). The number of aryl methyl sites for hydroxylation is 1. The zero-order valence-electron chi connectivity index (χ0n) is 8.60. The van der Waals surface area contributed by atoms with E-state index in [0.717, 1.165) is 5.82 Å². The van der Waals surface area contributed by atoms with Crippen LogP contribution in [-0.4, -0.2) is 21.4 Å². The van der Waals surface area contributed by atoms with Gasteiger partial charge < -0.3 is 9.63 Å². The summed E-state index contributed by atoms with van der Waals surface area (Å²) in [4.78, 5) is 4.31. The Balaban J connectivity index is 1.90. The summed E-state index contributed by atoms with van der Waals surface area (Å²) < 4.78 is 5.09. The summed E-state index contributed by atoms with van der Waals surface area (Å²) in [5.74, 6) is 2.72. The molecule has 4 nitrogen and oxygen atoms in total. The zero-order chi connectivity index (χ0) is 10.1. The number of hydrogen-bond donors (Lipinski definition) is 1. The van der Waals surface area contributed by atoms with Gasteiger partial charge >= 0.3 is 0 Å². The minimum Gasteiger partial charge on any atom is -0.393 e. The van der Waals surface area contributed by atoms with Crippen LogP contribution in [0.15, 0.2) is 4.52 Å². The van der Waals surface area contributed by atoms with Gasteiger partial charge in [-0.15, -0.1) is 0 Å². The summed E-state index contributed by atoms with van der Waals surface area (Å²) in [6, 6.07) is 0. The largest absolute Gasteiger partial charge is 0.393 e. The molecule has 1 N–H and O–H groups in total. The molecule has 1 fully saturated rings. The Morgan fingerprint density at radius 2 is 2.36 bits per heavy atom. The Labute approximate surface area is 83.3 Å². The molecule has 1 aromatic heterocycles. The van der Waals surface area contributed by atoms with Crippen LogP contribution in [-0.2, 0) is 6.42 Å². The third-order valence-corrected chi connectivity index (χ3v) is 2.70. The predicted molar refractivity (Wildman–Crippen MR) is 50.8 cm³/mol. The second-order valence-electron chi connectivity index (χ2n) is 4.25. The van der Waals surface area contributed by atoms with Gasteiger partial charge in [-0.05, 0) is 25.7 Å². The van der Waals surface area contributed by atoms with Gasteiger partial charge in [-0.2, -0.15) is 4.98 Å². The smallest absolute Gasteiger partial charge is 0.226 e. The fraction of sp³-hybridized carbons (Fsp3) is 0.800. The number of aromatic nitrogens is 2. The summed E-state index contributed by atoms with van der Waals surface area (Å²) in [5.41, 5.74) is 0. The summed E-state index contributed by atoms with van der Waals surface area (Å²) in [7, 11) is 0. The maximum atomic E-state index is 9.09. The van der Waals surface area contributed by atoms with Gasteiger partial charge in [0.25, 0.3) is 0 Å². The maximum Gasteiger partial charge on any atom is 0.226 e. The van der Waals surface area contributed by atoms with E-state index in [0.29, 0.717) is 30.6 Å². The first-order valence-electron chi connectivity index (χ1n) is 5.17. The van der Waals surface area contributed by atoms with E-state index in [1.807, 2.05) is 0 Å². The number of hydrogen-bond acceptors (Lipinski definition) is 4. The Hall–Kier alpha value is -0.900. The van der Waals surface area contributed by atoms with Crippen LogP contribution in [0.25, 0.3) is 0 Å². The van der Waals surface area contributed by atoms with E-state index in [4.69, 9.17) is 9.63 Å². The molecule has 0 aromatic carbocycles. The van der Waals surface area contributed by atoms with Gasteiger partial charge in [0.2, 0.25) is 5.89 Å². The molecule has 1 saturated carbocycles. The van der Waals surface area contributed by atoms with Crippen molar-refractivity contribution in [3.63, 3.8) is 0 Å². The van der Waals surface area contributed by atoms with Crippen molar-refractivity contribution < 1.29 is 9.63 Å². The fourth-order valence-corrected chi connectivity index (χ4v) is 1.53.